The van der Waals surface area contributed by atoms with Crippen molar-refractivity contribution in [3.05, 3.63) is 20.2 Å². The fraction of sp³-hybridized carbons (Fsp3) is 1.00. The third-order valence-electron chi connectivity index (χ3n) is 4.09. The molecular weight excluding hydrogens is 324 g/mol. The maximum absolute atomic E-state index is 10.6. The minimum absolute atomic E-state index is 0.116. The molecule has 10 nitrogen and oxygen atoms in total. The second kappa shape index (κ2) is 10.2. The lowest BCUT2D eigenvalue weighted by Crippen LogP contribution is -2.48. The predicted octanol–water partition coefficient (Wildman–Crippen LogP) is 2.39. The van der Waals surface area contributed by atoms with E-state index < -0.39 is 34.8 Å². The van der Waals surface area contributed by atoms with Gasteiger partial charge in [0.15, 0.2) is 6.61 Å². The summed E-state index contributed by atoms with van der Waals surface area (Å²) in [4.78, 5) is 29.4. The Labute approximate surface area is 140 Å². The summed E-state index contributed by atoms with van der Waals surface area (Å²) >= 11 is 0. The molecule has 0 aromatic heterocycles. The predicted molar refractivity (Wildman–Crippen MR) is 81.9 cm³/mol. The van der Waals surface area contributed by atoms with E-state index in [4.69, 9.17) is 4.74 Å². The number of hydrogen-bond acceptors (Lipinski definition) is 8. The van der Waals surface area contributed by atoms with Crippen LogP contribution in [0.1, 0.15) is 64.7 Å². The van der Waals surface area contributed by atoms with E-state index in [1.54, 1.807) is 0 Å². The van der Waals surface area contributed by atoms with Crippen molar-refractivity contribution in [1.82, 2.24) is 0 Å². The molecule has 0 radical (unpaired) electrons. The van der Waals surface area contributed by atoms with Gasteiger partial charge in [-0.25, -0.2) is 0 Å². The molecule has 0 aromatic carbocycles. The van der Waals surface area contributed by atoms with E-state index in [1.807, 2.05) is 0 Å². The highest BCUT2D eigenvalue weighted by Crippen LogP contribution is 2.35. The Morgan fingerprint density at radius 2 is 1.75 bits per heavy atom. The van der Waals surface area contributed by atoms with Crippen LogP contribution in [0.25, 0.3) is 0 Å². The topological polar surface area (TPSA) is 134 Å². The van der Waals surface area contributed by atoms with Crippen molar-refractivity contribution in [3.63, 3.8) is 0 Å². The largest absolute Gasteiger partial charge is 0.388 e. The van der Waals surface area contributed by atoms with Gasteiger partial charge >= 0.3 is 0 Å². The van der Waals surface area contributed by atoms with E-state index in [0.29, 0.717) is 6.42 Å². The number of nitrogens with zero attached hydrogens (tertiary/aromatic N) is 2. The lowest BCUT2D eigenvalue weighted by Gasteiger charge is -2.28. The zero-order valence-electron chi connectivity index (χ0n) is 13.9. The molecule has 0 spiro atoms. The number of aliphatic hydroxyl groups is 1. The molecule has 1 heterocycles. The van der Waals surface area contributed by atoms with Gasteiger partial charge in [-0.2, -0.15) is 0 Å². The lowest BCUT2D eigenvalue weighted by molar-refractivity contribution is -0.817. The third-order valence-corrected chi connectivity index (χ3v) is 4.09. The molecule has 0 amide bonds. The van der Waals surface area contributed by atoms with Gasteiger partial charge < -0.3 is 14.7 Å². The van der Waals surface area contributed by atoms with Gasteiger partial charge in [-0.3, -0.25) is 4.84 Å². The summed E-state index contributed by atoms with van der Waals surface area (Å²) in [7, 11) is 0. The average Bonchev–Trinajstić information content (AvgIpc) is 2.80. The first-order valence-electron chi connectivity index (χ1n) is 8.36. The van der Waals surface area contributed by atoms with E-state index in [1.165, 1.54) is 25.7 Å². The molecule has 3 unspecified atom stereocenters. The molecule has 0 aromatic rings. The van der Waals surface area contributed by atoms with E-state index in [-0.39, 0.29) is 6.42 Å². The molecule has 24 heavy (non-hydrogen) atoms. The van der Waals surface area contributed by atoms with Crippen LogP contribution in [0.5, 0.6) is 0 Å². The molecule has 140 valence electrons. The van der Waals surface area contributed by atoms with Gasteiger partial charge in [-0.1, -0.05) is 51.9 Å². The second-order valence-corrected chi connectivity index (χ2v) is 6.03. The van der Waals surface area contributed by atoms with Crippen LogP contribution in [0, 0.1) is 20.2 Å². The number of aliphatic hydroxyl groups excluding tert-OH is 1. The first-order valence-corrected chi connectivity index (χ1v) is 8.36. The normalized spacial score (nSPS) is 26.2. The Morgan fingerprint density at radius 3 is 2.33 bits per heavy atom. The van der Waals surface area contributed by atoms with Gasteiger partial charge in [0.25, 0.3) is 16.0 Å². The van der Waals surface area contributed by atoms with Gasteiger partial charge in [0.2, 0.25) is 0 Å². The van der Waals surface area contributed by atoms with Crippen LogP contribution < -0.4 is 0 Å². The zero-order valence-corrected chi connectivity index (χ0v) is 13.9. The Balaban J connectivity index is 2.41. The van der Waals surface area contributed by atoms with Gasteiger partial charge in [0.05, 0.1) is 6.10 Å². The van der Waals surface area contributed by atoms with Crippen LogP contribution in [0.3, 0.4) is 0 Å². The first kappa shape index (κ1) is 20.4. The van der Waals surface area contributed by atoms with Crippen molar-refractivity contribution in [3.8, 4) is 0 Å². The maximum Gasteiger partial charge on any atom is 0.297 e. The monoisotopic (exact) mass is 350 g/mol. The van der Waals surface area contributed by atoms with Gasteiger partial charge in [-0.15, -0.1) is 20.2 Å². The van der Waals surface area contributed by atoms with E-state index in [0.717, 1.165) is 19.3 Å². The molecule has 1 N–H and O–H groups in total. The second-order valence-electron chi connectivity index (χ2n) is 6.03. The number of ether oxygens (including phenoxy) is 1. The highest BCUT2D eigenvalue weighted by atomic mass is 17.0. The quantitative estimate of drug-likeness (QED) is 0.304. The van der Waals surface area contributed by atoms with Gasteiger partial charge in [0, 0.05) is 6.42 Å². The fourth-order valence-corrected chi connectivity index (χ4v) is 2.85. The molecule has 1 rings (SSSR count). The van der Waals surface area contributed by atoms with Crippen molar-refractivity contribution in [2.75, 3.05) is 6.61 Å². The average molecular weight is 350 g/mol. The number of hydrogen-bond donors (Lipinski definition) is 1. The molecule has 0 bridgehead atoms. The minimum Gasteiger partial charge on any atom is -0.388 e. The van der Waals surface area contributed by atoms with Crippen molar-refractivity contribution < 1.29 is 29.7 Å². The summed E-state index contributed by atoms with van der Waals surface area (Å²) in [5, 5.41) is 28.7. The van der Waals surface area contributed by atoms with Crippen molar-refractivity contribution in [1.29, 1.82) is 0 Å². The molecule has 1 aliphatic heterocycles. The molecule has 3 atom stereocenters. The van der Waals surface area contributed by atoms with Crippen molar-refractivity contribution >= 4 is 0 Å². The zero-order chi connectivity index (χ0) is 18.0. The maximum atomic E-state index is 10.6. The molecule has 1 fully saturated rings. The van der Waals surface area contributed by atoms with Crippen LogP contribution in [0.15, 0.2) is 0 Å². The summed E-state index contributed by atoms with van der Waals surface area (Å²) in [6, 6.07) is 0. The lowest BCUT2D eigenvalue weighted by atomic mass is 10.0. The third kappa shape index (κ3) is 6.83. The van der Waals surface area contributed by atoms with Gasteiger partial charge in [0.1, 0.15) is 6.10 Å². The fourth-order valence-electron chi connectivity index (χ4n) is 2.85. The van der Waals surface area contributed by atoms with E-state index in [2.05, 4.69) is 16.6 Å². The van der Waals surface area contributed by atoms with E-state index >= 15 is 0 Å². The number of rotatable bonds is 13. The summed E-state index contributed by atoms with van der Waals surface area (Å²) in [6.07, 6.45) is 6.69. The highest BCUT2D eigenvalue weighted by Gasteiger charge is 2.52. The van der Waals surface area contributed by atoms with Crippen LogP contribution in [0.4, 0.5) is 0 Å². The molecular formula is C14H26N2O8. The van der Waals surface area contributed by atoms with Crippen LogP contribution in [-0.4, -0.2) is 39.9 Å². The van der Waals surface area contributed by atoms with Crippen molar-refractivity contribution in [2.45, 2.75) is 82.7 Å². The summed E-state index contributed by atoms with van der Waals surface area (Å²) in [6.45, 7) is 1.31. The Hall–Kier alpha value is -1.68. The Morgan fingerprint density at radius 1 is 1.12 bits per heavy atom. The summed E-state index contributed by atoms with van der Waals surface area (Å²) < 4.78 is 5.42. The van der Waals surface area contributed by atoms with E-state index in [9.17, 15) is 25.3 Å². The molecule has 10 heteroatoms. The molecule has 0 saturated carbocycles. The Kier molecular flexibility index (Phi) is 8.69. The number of unbranched alkanes of at least 4 members (excludes halogenated alkanes) is 6. The SMILES string of the molecule is CCCCCCCCCC1CC(O)C(CO[N+](=O)[O-])(O[N+](=O)[O-])O1. The van der Waals surface area contributed by atoms with Crippen molar-refractivity contribution in [2.24, 2.45) is 0 Å². The smallest absolute Gasteiger partial charge is 0.297 e. The first-order chi connectivity index (χ1) is 11.4. The highest BCUT2D eigenvalue weighted by molar-refractivity contribution is 4.88. The van der Waals surface area contributed by atoms with Gasteiger partial charge in [-0.05, 0) is 6.42 Å². The molecule has 0 aliphatic carbocycles. The summed E-state index contributed by atoms with van der Waals surface area (Å²) in [5.41, 5.74) is 0. The van der Waals surface area contributed by atoms with Crippen LogP contribution >= 0.6 is 0 Å². The van der Waals surface area contributed by atoms with Crippen LogP contribution in [0.2, 0.25) is 0 Å². The molecule has 1 aliphatic rings. The summed E-state index contributed by atoms with van der Waals surface area (Å²) in [5.74, 6) is -2.14. The Bertz CT molecular complexity index is 408. The molecule has 1 saturated heterocycles. The minimum atomic E-state index is -2.14. The standard InChI is InChI=1S/C14H26N2O8/c1-2-3-4-5-6-7-8-9-12-10-13(17)14(23-12,24-16(20)21)11-22-15(18)19/h12-13,17H,2-11H2,1H3. The van der Waals surface area contributed by atoms with Crippen LogP contribution in [-0.2, 0) is 14.4 Å².